The number of hydrogen-bond donors (Lipinski definition) is 1. The monoisotopic (exact) mass is 1140 g/mol. The minimum Gasteiger partial charge on any atom is -0.462 e. The second kappa shape index (κ2) is 31.5. The number of nitrogens with one attached hydrogen (secondary N) is 1. The summed E-state index contributed by atoms with van der Waals surface area (Å²) in [4.78, 5) is 106. The van der Waals surface area contributed by atoms with Gasteiger partial charge in [-0.05, 0) is 69.7 Å². The molecule has 20 nitrogen and oxygen atoms in total. The number of nitrogens with zero attached hydrogens (tertiary/aromatic N) is 2. The van der Waals surface area contributed by atoms with Gasteiger partial charge in [0.1, 0.15) is 70.7 Å². The minimum atomic E-state index is -1.74. The van der Waals surface area contributed by atoms with Crippen molar-refractivity contribution in [2.75, 3.05) is 97.1 Å². The molecule has 0 aromatic heterocycles. The van der Waals surface area contributed by atoms with Gasteiger partial charge in [-0.3, -0.25) is 4.79 Å². The van der Waals surface area contributed by atoms with Crippen molar-refractivity contribution in [1.29, 1.82) is 0 Å². The van der Waals surface area contributed by atoms with Crippen molar-refractivity contribution in [2.45, 2.75) is 27.7 Å². The lowest BCUT2D eigenvalue weighted by atomic mass is 9.90. The van der Waals surface area contributed by atoms with Crippen LogP contribution >= 0.6 is 0 Å². The summed E-state index contributed by atoms with van der Waals surface area (Å²) in [6, 6.07) is 24.9. The Labute approximate surface area is 481 Å². The van der Waals surface area contributed by atoms with E-state index in [9.17, 15) is 38.4 Å². The third-order valence-electron chi connectivity index (χ3n) is 13.1. The molecule has 20 heteroatoms. The predicted molar refractivity (Wildman–Crippen MR) is 309 cm³/mol. The zero-order valence-electron chi connectivity index (χ0n) is 47.2. The lowest BCUT2D eigenvalue weighted by molar-refractivity contribution is -0.167. The molecule has 1 N–H and O–H groups in total. The van der Waals surface area contributed by atoms with E-state index in [1.54, 1.807) is 12.1 Å². The van der Waals surface area contributed by atoms with Crippen molar-refractivity contribution in [3.8, 4) is 22.5 Å². The van der Waals surface area contributed by atoms with Crippen molar-refractivity contribution in [3.05, 3.63) is 170 Å². The van der Waals surface area contributed by atoms with Gasteiger partial charge in [-0.15, -0.1) is 0 Å². The molecular formula is C63H70N3O17+. The van der Waals surface area contributed by atoms with E-state index in [1.807, 2.05) is 48.5 Å². The van der Waals surface area contributed by atoms with Crippen LogP contribution in [0.3, 0.4) is 0 Å². The maximum Gasteiger partial charge on any atom is 0.338 e. The Hall–Kier alpha value is -9.43. The second-order valence-corrected chi connectivity index (χ2v) is 18.8. The number of hydrogen-bond acceptors (Lipinski definition) is 18. The van der Waals surface area contributed by atoms with Crippen LogP contribution in [-0.2, 0) is 61.9 Å². The van der Waals surface area contributed by atoms with Crippen LogP contribution in [0.5, 0.6) is 0 Å². The number of carbonyl (C=O) groups is 8. The van der Waals surface area contributed by atoms with E-state index in [1.165, 1.54) is 24.3 Å². The Kier molecular flexibility index (Phi) is 24.5. The predicted octanol–water partition coefficient (Wildman–Crippen LogP) is 7.24. The van der Waals surface area contributed by atoms with Crippen molar-refractivity contribution < 1.29 is 80.7 Å². The molecule has 83 heavy (non-hydrogen) atoms. The normalized spacial score (nSPS) is 11.0. The first-order valence-corrected chi connectivity index (χ1v) is 26.7. The fourth-order valence-electron chi connectivity index (χ4n) is 8.64. The Morgan fingerprint density at radius 2 is 1.00 bits per heavy atom. The second-order valence-electron chi connectivity index (χ2n) is 18.8. The number of ether oxygens (including phenoxy) is 8. The summed E-state index contributed by atoms with van der Waals surface area (Å²) in [6.07, 6.45) is 4.33. The summed E-state index contributed by atoms with van der Waals surface area (Å²) in [5.41, 5.74) is 0.369. The maximum atomic E-state index is 14.1. The molecule has 5 rings (SSSR count). The van der Waals surface area contributed by atoms with Gasteiger partial charge in [0.2, 0.25) is 5.36 Å². The number of anilines is 1. The van der Waals surface area contributed by atoms with E-state index in [0.29, 0.717) is 16.9 Å². The smallest absolute Gasteiger partial charge is 0.338 e. The number of carbonyl (C=O) groups excluding carboxylic acids is 8. The number of esters is 7. The van der Waals surface area contributed by atoms with Gasteiger partial charge in [0.15, 0.2) is 0 Å². The van der Waals surface area contributed by atoms with Gasteiger partial charge in [0, 0.05) is 77.8 Å². The summed E-state index contributed by atoms with van der Waals surface area (Å²) in [7, 11) is 0. The molecule has 0 saturated heterocycles. The largest absolute Gasteiger partial charge is 0.462 e. The fraction of sp³-hybridized carbons (Fsp3) is 0.317. The highest BCUT2D eigenvalue weighted by Crippen LogP contribution is 2.42. The van der Waals surface area contributed by atoms with Crippen molar-refractivity contribution in [3.63, 3.8) is 0 Å². The van der Waals surface area contributed by atoms with Crippen LogP contribution in [0, 0.1) is 10.8 Å². The van der Waals surface area contributed by atoms with Crippen LogP contribution in [0.1, 0.15) is 58.8 Å². The molecule has 0 spiro atoms. The molecule has 438 valence electrons. The first-order valence-electron chi connectivity index (χ1n) is 26.7. The number of fused-ring (bicyclic) bond motifs is 2. The highest BCUT2D eigenvalue weighted by molar-refractivity contribution is 6.08. The lowest BCUT2D eigenvalue weighted by Crippen LogP contribution is -2.47. The molecule has 1 aliphatic heterocycles. The molecule has 3 aromatic rings. The Balaban J connectivity index is 1.38. The quantitative estimate of drug-likeness (QED) is 0.0109. The average molecular weight is 1140 g/mol. The van der Waals surface area contributed by atoms with Crippen molar-refractivity contribution in [1.82, 2.24) is 9.89 Å². The molecule has 0 unspecified atom stereocenters. The summed E-state index contributed by atoms with van der Waals surface area (Å²) in [5, 5.41) is 4.47. The SMILES string of the molecule is C=CC(=O)OCC(COCC(COC(=O)C=C)(COC(=O)C=C)COC(=O)c1ccccc1C(=O)NCCOC(=O)c1ccccc1-c1c2ccc(=[N+](CC)CC)cc-2oc2cc(N(CC)CC)ccc12)(COC(=O)C=C)COC(=O)C=C. The van der Waals surface area contributed by atoms with Gasteiger partial charge in [-0.2, -0.15) is 0 Å². The van der Waals surface area contributed by atoms with Gasteiger partial charge >= 0.3 is 41.8 Å². The van der Waals surface area contributed by atoms with Crippen LogP contribution in [0.2, 0.25) is 0 Å². The van der Waals surface area contributed by atoms with Crippen molar-refractivity contribution >= 4 is 64.3 Å². The fourth-order valence-corrected chi connectivity index (χ4v) is 8.64. The summed E-state index contributed by atoms with van der Waals surface area (Å²) >= 11 is 0. The zero-order valence-corrected chi connectivity index (χ0v) is 47.2. The van der Waals surface area contributed by atoms with Crippen molar-refractivity contribution in [2.24, 2.45) is 10.8 Å². The maximum absolute atomic E-state index is 14.1. The molecular weight excluding hydrogens is 1070 g/mol. The van der Waals surface area contributed by atoms with Gasteiger partial charge in [-0.25, -0.2) is 38.1 Å². The molecule has 0 saturated carbocycles. The van der Waals surface area contributed by atoms with Crippen LogP contribution in [0.4, 0.5) is 5.69 Å². The molecule has 0 radical (unpaired) electrons. The van der Waals surface area contributed by atoms with Gasteiger partial charge in [-0.1, -0.05) is 63.2 Å². The van der Waals surface area contributed by atoms with Gasteiger partial charge in [0.05, 0.1) is 53.3 Å². The van der Waals surface area contributed by atoms with E-state index in [-0.39, 0.29) is 29.8 Å². The van der Waals surface area contributed by atoms with E-state index in [0.717, 1.165) is 84.1 Å². The number of amides is 1. The van der Waals surface area contributed by atoms with Gasteiger partial charge in [0.25, 0.3) is 5.91 Å². The molecule has 0 fully saturated rings. The van der Waals surface area contributed by atoms with Crippen LogP contribution in [0.25, 0.3) is 33.4 Å². The molecule has 1 aliphatic carbocycles. The van der Waals surface area contributed by atoms with E-state index >= 15 is 0 Å². The molecule has 1 heterocycles. The highest BCUT2D eigenvalue weighted by Gasteiger charge is 2.41. The average Bonchev–Trinajstić information content (AvgIpc) is 3.31. The Morgan fingerprint density at radius 1 is 0.530 bits per heavy atom. The zero-order chi connectivity index (χ0) is 60.5. The molecule has 3 aromatic carbocycles. The van der Waals surface area contributed by atoms with E-state index < -0.39 is 111 Å². The molecule has 0 bridgehead atoms. The third-order valence-corrected chi connectivity index (χ3v) is 13.1. The van der Waals surface area contributed by atoms with Gasteiger partial charge < -0.3 is 52.5 Å². The standard InChI is InChI=1S/C63H69N3O17/c1-10-53(67)77-37-62(38-78-54(68)11-2,39-79-55(69)12-3)35-75-36-63(40-80-56(70)13-4,41-81-57(71)14-5)42-82-61(74)48-26-22-20-24-46(48)59(72)64-31-32-76-60(73)47-25-21-19-23-45(47)58-49-29-27-43(65(15-6)16-7)33-51(49)83-52-34-44(28-30-50(52)58)66(17-8)18-9/h10-14,19-30,33-34H,1-5,15-18,31-32,35-42H2,6-9H3/p+1. The third kappa shape index (κ3) is 17.5. The summed E-state index contributed by atoms with van der Waals surface area (Å²) < 4.78 is 53.2. The number of rotatable bonds is 33. The molecule has 2 aliphatic rings. The molecule has 1 amide bonds. The Morgan fingerprint density at radius 3 is 1.49 bits per heavy atom. The highest BCUT2D eigenvalue weighted by atomic mass is 16.6. The first-order chi connectivity index (χ1) is 40.0. The van der Waals surface area contributed by atoms with Crippen LogP contribution in [-0.4, -0.2) is 140 Å². The summed E-state index contributed by atoms with van der Waals surface area (Å²) in [6.45, 7) is 23.2. The summed E-state index contributed by atoms with van der Waals surface area (Å²) in [5.74, 6) is -6.30. The Bertz CT molecular complexity index is 3170. The molecule has 0 atom stereocenters. The van der Waals surface area contributed by atoms with Crippen LogP contribution in [0.15, 0.2) is 153 Å². The first kappa shape index (κ1) is 64.4. The van der Waals surface area contributed by atoms with E-state index in [4.69, 9.17) is 42.3 Å². The minimum absolute atomic E-state index is 0.129. The number of benzene rings is 4. The van der Waals surface area contributed by atoms with E-state index in [2.05, 4.69) is 75.4 Å². The lowest BCUT2D eigenvalue weighted by Gasteiger charge is -2.35. The van der Waals surface area contributed by atoms with Crippen LogP contribution < -0.4 is 20.1 Å². The topological polar surface area (TPSA) is 242 Å².